The predicted molar refractivity (Wildman–Crippen MR) is 74.9 cm³/mol. The molecule has 1 aromatic carbocycles. The van der Waals surface area contributed by atoms with Crippen molar-refractivity contribution in [3.8, 4) is 6.07 Å². The lowest BCUT2D eigenvalue weighted by atomic mass is 9.99. The third-order valence-corrected chi connectivity index (χ3v) is 4.92. The molecule has 98 valence electrons. The minimum absolute atomic E-state index is 0.0134. The Morgan fingerprint density at radius 1 is 1.42 bits per heavy atom. The Kier molecular flexibility index (Phi) is 3.48. The van der Waals surface area contributed by atoms with Gasteiger partial charge in [0, 0.05) is 23.2 Å². The van der Waals surface area contributed by atoms with Gasteiger partial charge in [0.2, 0.25) is 5.91 Å². The summed E-state index contributed by atoms with van der Waals surface area (Å²) in [5.41, 5.74) is 1.17. The van der Waals surface area contributed by atoms with Crippen LogP contribution in [-0.4, -0.2) is 29.1 Å². The van der Waals surface area contributed by atoms with E-state index in [-0.39, 0.29) is 11.8 Å². The average Bonchev–Trinajstić information content (AvgIpc) is 3.18. The van der Waals surface area contributed by atoms with Crippen LogP contribution in [0.4, 0.5) is 0 Å². The Labute approximate surface area is 117 Å². The second-order valence-electron chi connectivity index (χ2n) is 5.07. The Hall–Kier alpha value is -1.47. The van der Waals surface area contributed by atoms with E-state index < -0.39 is 0 Å². The van der Waals surface area contributed by atoms with Crippen LogP contribution < -0.4 is 0 Å². The molecular formula is C15H16N2OS. The van der Waals surface area contributed by atoms with Gasteiger partial charge < -0.3 is 4.90 Å². The lowest BCUT2D eigenvalue weighted by molar-refractivity contribution is -0.132. The van der Waals surface area contributed by atoms with Crippen molar-refractivity contribution in [2.45, 2.75) is 36.1 Å². The van der Waals surface area contributed by atoms with Gasteiger partial charge in [-0.2, -0.15) is 5.26 Å². The van der Waals surface area contributed by atoms with Gasteiger partial charge in [-0.3, -0.25) is 4.79 Å². The molecule has 2 aliphatic rings. The number of nitrogens with zero attached hydrogens (tertiary/aromatic N) is 2. The van der Waals surface area contributed by atoms with E-state index in [2.05, 4.69) is 18.2 Å². The summed E-state index contributed by atoms with van der Waals surface area (Å²) < 4.78 is 0. The van der Waals surface area contributed by atoms with E-state index in [1.165, 1.54) is 10.5 Å². The van der Waals surface area contributed by atoms with Gasteiger partial charge in [0.05, 0.1) is 18.4 Å². The second kappa shape index (κ2) is 5.26. The molecular weight excluding hydrogens is 256 g/mol. The smallest absolute Gasteiger partial charge is 0.231 e. The van der Waals surface area contributed by atoms with Crippen LogP contribution in [0.3, 0.4) is 0 Å². The summed E-state index contributed by atoms with van der Waals surface area (Å²) in [7, 11) is 0. The number of thioether (sulfide) groups is 1. The molecule has 1 aliphatic heterocycles. The molecule has 0 saturated heterocycles. The quantitative estimate of drug-likeness (QED) is 0.846. The minimum Gasteiger partial charge on any atom is -0.338 e. The van der Waals surface area contributed by atoms with Crippen LogP contribution >= 0.6 is 11.8 Å². The van der Waals surface area contributed by atoms with Crippen LogP contribution in [0.25, 0.3) is 0 Å². The minimum atomic E-state index is -0.0134. The van der Waals surface area contributed by atoms with E-state index in [0.717, 1.165) is 18.6 Å². The number of carbonyl (C=O) groups excluding carboxylic acids is 1. The van der Waals surface area contributed by atoms with Gasteiger partial charge in [-0.15, -0.1) is 11.8 Å². The van der Waals surface area contributed by atoms with Crippen molar-refractivity contribution < 1.29 is 4.79 Å². The Bertz CT molecular complexity index is 533. The van der Waals surface area contributed by atoms with Crippen LogP contribution in [0, 0.1) is 11.3 Å². The van der Waals surface area contributed by atoms with E-state index in [0.29, 0.717) is 19.0 Å². The first-order valence-electron chi connectivity index (χ1n) is 6.70. The zero-order valence-electron chi connectivity index (χ0n) is 10.7. The van der Waals surface area contributed by atoms with Crippen LogP contribution in [0.2, 0.25) is 0 Å². The van der Waals surface area contributed by atoms with Crippen molar-refractivity contribution in [3.63, 3.8) is 0 Å². The molecule has 0 bridgehead atoms. The van der Waals surface area contributed by atoms with Gasteiger partial charge in [-0.25, -0.2) is 0 Å². The number of nitriles is 1. The molecule has 1 aromatic rings. The third-order valence-electron chi connectivity index (χ3n) is 3.73. The molecule has 1 saturated carbocycles. The number of rotatable bonds is 4. The second-order valence-corrected chi connectivity index (χ2v) is 6.13. The van der Waals surface area contributed by atoms with Crippen molar-refractivity contribution in [1.82, 2.24) is 4.90 Å². The number of carbonyl (C=O) groups is 1. The number of amides is 1. The van der Waals surface area contributed by atoms with E-state index in [9.17, 15) is 4.79 Å². The van der Waals surface area contributed by atoms with E-state index in [1.807, 2.05) is 17.0 Å². The topological polar surface area (TPSA) is 44.1 Å². The third kappa shape index (κ3) is 2.48. The zero-order chi connectivity index (χ0) is 13.2. The summed E-state index contributed by atoms with van der Waals surface area (Å²) in [6.07, 6.45) is 2.63. The Morgan fingerprint density at radius 3 is 2.95 bits per heavy atom. The Balaban J connectivity index is 1.78. The van der Waals surface area contributed by atoms with Gasteiger partial charge >= 0.3 is 0 Å². The molecule has 0 radical (unpaired) electrons. The van der Waals surface area contributed by atoms with Gasteiger partial charge in [-0.05, 0) is 24.5 Å². The normalized spacial score (nSPS) is 20.7. The van der Waals surface area contributed by atoms with Gasteiger partial charge in [0.15, 0.2) is 0 Å². The summed E-state index contributed by atoms with van der Waals surface area (Å²) >= 11 is 1.77. The molecule has 3 nitrogen and oxygen atoms in total. The highest BCUT2D eigenvalue weighted by Gasteiger charge is 2.38. The fourth-order valence-electron chi connectivity index (χ4n) is 2.60. The largest absolute Gasteiger partial charge is 0.338 e. The molecule has 4 heteroatoms. The first-order chi connectivity index (χ1) is 9.31. The maximum atomic E-state index is 12.7. The monoisotopic (exact) mass is 272 g/mol. The van der Waals surface area contributed by atoms with Crippen molar-refractivity contribution in [1.29, 1.82) is 5.26 Å². The molecule has 1 atom stereocenters. The standard InChI is InChI=1S/C15H16N2OS/c16-8-3-9-17(11-6-7-11)15(18)13-10-19-14-5-2-1-4-12(13)14/h1-2,4-5,11,13H,3,6-7,9-10H2. The molecule has 1 heterocycles. The average molecular weight is 272 g/mol. The predicted octanol–water partition coefficient (Wildman–Crippen LogP) is 2.78. The van der Waals surface area contributed by atoms with Crippen molar-refractivity contribution in [2.75, 3.05) is 12.3 Å². The number of fused-ring (bicyclic) bond motifs is 1. The molecule has 1 unspecified atom stereocenters. The highest BCUT2D eigenvalue weighted by molar-refractivity contribution is 7.99. The summed E-state index contributed by atoms with van der Waals surface area (Å²) in [6.45, 7) is 0.587. The van der Waals surface area contributed by atoms with Crippen LogP contribution in [0.15, 0.2) is 29.2 Å². The Morgan fingerprint density at radius 2 is 2.21 bits per heavy atom. The molecule has 0 N–H and O–H groups in total. The van der Waals surface area contributed by atoms with Gasteiger partial charge in [0.25, 0.3) is 0 Å². The highest BCUT2D eigenvalue weighted by Crippen LogP contribution is 2.41. The molecule has 1 aliphatic carbocycles. The zero-order valence-corrected chi connectivity index (χ0v) is 11.5. The van der Waals surface area contributed by atoms with Crippen molar-refractivity contribution in [2.24, 2.45) is 0 Å². The van der Waals surface area contributed by atoms with E-state index in [1.54, 1.807) is 11.8 Å². The van der Waals surface area contributed by atoms with E-state index in [4.69, 9.17) is 5.26 Å². The number of hydrogen-bond donors (Lipinski definition) is 0. The maximum absolute atomic E-state index is 12.7. The molecule has 1 amide bonds. The van der Waals surface area contributed by atoms with Crippen LogP contribution in [0.1, 0.15) is 30.7 Å². The first kappa shape index (κ1) is 12.6. The number of benzene rings is 1. The molecule has 1 fully saturated rings. The molecule has 3 rings (SSSR count). The summed E-state index contributed by atoms with van der Waals surface area (Å²) in [5.74, 6) is 1.05. The lowest BCUT2D eigenvalue weighted by Gasteiger charge is -2.24. The fraction of sp³-hybridized carbons (Fsp3) is 0.467. The van der Waals surface area contributed by atoms with Gasteiger partial charge in [0.1, 0.15) is 0 Å². The first-order valence-corrected chi connectivity index (χ1v) is 7.69. The SMILES string of the molecule is N#CCCN(C(=O)C1CSc2ccccc21)C1CC1. The highest BCUT2D eigenvalue weighted by atomic mass is 32.2. The van der Waals surface area contributed by atoms with Crippen LogP contribution in [0.5, 0.6) is 0 Å². The van der Waals surface area contributed by atoms with Crippen molar-refractivity contribution in [3.05, 3.63) is 29.8 Å². The molecule has 19 heavy (non-hydrogen) atoms. The van der Waals surface area contributed by atoms with E-state index >= 15 is 0 Å². The summed E-state index contributed by atoms with van der Waals surface area (Å²) in [4.78, 5) is 15.9. The lowest BCUT2D eigenvalue weighted by Crippen LogP contribution is -2.37. The van der Waals surface area contributed by atoms with Crippen LogP contribution in [-0.2, 0) is 4.79 Å². The maximum Gasteiger partial charge on any atom is 0.231 e. The summed E-state index contributed by atoms with van der Waals surface area (Å²) in [5, 5.41) is 8.73. The fourth-order valence-corrected chi connectivity index (χ4v) is 3.82. The van der Waals surface area contributed by atoms with Gasteiger partial charge in [-0.1, -0.05) is 18.2 Å². The summed E-state index contributed by atoms with van der Waals surface area (Å²) in [6, 6.07) is 10.7. The molecule has 0 aromatic heterocycles. The molecule has 0 spiro atoms. The number of hydrogen-bond acceptors (Lipinski definition) is 3. The van der Waals surface area contributed by atoms with Crippen molar-refractivity contribution >= 4 is 17.7 Å².